The summed E-state index contributed by atoms with van der Waals surface area (Å²) < 4.78 is 14.0. The molecule has 15 nitrogen and oxygen atoms in total. The zero-order valence-corrected chi connectivity index (χ0v) is 77.0. The number of benzene rings is 18. The van der Waals surface area contributed by atoms with Gasteiger partial charge in [-0.3, -0.25) is 13.7 Å². The van der Waals surface area contributed by atoms with Gasteiger partial charge in [0.05, 0.1) is 66.2 Å². The lowest BCUT2D eigenvalue weighted by atomic mass is 10.0. The lowest BCUT2D eigenvalue weighted by Crippen LogP contribution is -2.07. The molecule has 660 valence electrons. The van der Waals surface area contributed by atoms with Gasteiger partial charge < -0.3 is 13.7 Å². The van der Waals surface area contributed by atoms with Crippen molar-refractivity contribution in [1.29, 1.82) is 0 Å². The molecule has 0 radical (unpaired) electrons. The molecule has 0 saturated heterocycles. The van der Waals surface area contributed by atoms with Gasteiger partial charge in [-0.1, -0.05) is 346 Å². The molecule has 0 fully saturated rings. The molecule has 0 saturated carbocycles. The predicted molar refractivity (Wildman–Crippen MR) is 571 cm³/mol. The molecule has 9 aromatic heterocycles. The lowest BCUT2D eigenvalue weighted by molar-refractivity contribution is 0.953. The van der Waals surface area contributed by atoms with E-state index in [1.165, 1.54) is 92.6 Å². The Morgan fingerprint density at radius 2 is 0.424 bits per heavy atom. The molecule has 0 spiro atoms. The van der Waals surface area contributed by atoms with Crippen molar-refractivity contribution in [3.05, 3.63) is 452 Å². The number of hydrogen-bond acceptors (Lipinski definition) is 9. The molecule has 0 N–H and O–H groups in total. The van der Waals surface area contributed by atoms with E-state index >= 15 is 0 Å². The molecule has 0 unspecified atom stereocenters. The second-order valence-electron chi connectivity index (χ2n) is 35.6. The Bertz CT molecular complexity index is 9290. The number of fused-ring (bicyclic) bond motifs is 21. The van der Waals surface area contributed by atoms with Crippen LogP contribution in [0.15, 0.2) is 425 Å². The van der Waals surface area contributed by atoms with Gasteiger partial charge in [-0.2, -0.15) is 29.9 Å². The maximum absolute atomic E-state index is 5.24. The molecule has 27 rings (SSSR count). The SMILES string of the molecule is CCc1ccc2c(c1)c1ccc3c4cc(CC)ccc4n(-c4nc(-c5ccccc5)nc(-c5ccccc5)n4)c3c1n2-c1ccccc1.Cc1cc2c3ccccc3n(-c3ccccc3)c2c2c1c1ccccc1n2-c1nc(-c2ccccc2)nc(-c2ccccc2)n1.Cc1ccc2c(c1)c1ccc3c4cc(C)ccc4n(-c4nc(-c5ccccc5)nc(-c5ccccc5)n4)c3c1n2-c1ccccc1. The summed E-state index contributed by atoms with van der Waals surface area (Å²) in [6.07, 6.45) is 1.93. The van der Waals surface area contributed by atoms with Crippen LogP contribution in [0.1, 0.15) is 41.7 Å². The van der Waals surface area contributed by atoms with Crippen molar-refractivity contribution in [3.8, 4) is 103 Å². The van der Waals surface area contributed by atoms with Crippen molar-refractivity contribution in [3.63, 3.8) is 0 Å². The van der Waals surface area contributed by atoms with Crippen LogP contribution < -0.4 is 0 Å². The third-order valence-corrected chi connectivity index (χ3v) is 27.0. The van der Waals surface area contributed by atoms with Gasteiger partial charge in [0.1, 0.15) is 0 Å². The first-order valence-electron chi connectivity index (χ1n) is 47.4. The number of hydrogen-bond donors (Lipinski definition) is 0. The molecule has 0 aliphatic rings. The monoisotopic (exact) mass is 1790 g/mol. The zero-order chi connectivity index (χ0) is 92.9. The summed E-state index contributed by atoms with van der Waals surface area (Å²) in [5.41, 5.74) is 28.6. The quantitative estimate of drug-likeness (QED) is 0.104. The number of rotatable bonds is 14. The third-order valence-electron chi connectivity index (χ3n) is 27.0. The molecule has 15 heteroatoms. The summed E-state index contributed by atoms with van der Waals surface area (Å²) in [6.45, 7) is 10.9. The van der Waals surface area contributed by atoms with Gasteiger partial charge in [0.2, 0.25) is 17.8 Å². The smallest absolute Gasteiger partial charge is 0.238 e. The fourth-order valence-electron chi connectivity index (χ4n) is 20.6. The highest BCUT2D eigenvalue weighted by molar-refractivity contribution is 6.27. The molecule has 0 bridgehead atoms. The molecule has 9 heterocycles. The number of aromatic nitrogens is 15. The molecule has 27 aromatic rings. The van der Waals surface area contributed by atoms with E-state index in [-0.39, 0.29) is 0 Å². The molecule has 0 atom stereocenters. The third kappa shape index (κ3) is 14.2. The zero-order valence-electron chi connectivity index (χ0n) is 77.0. The van der Waals surface area contributed by atoms with Gasteiger partial charge in [-0.25, -0.2) is 15.0 Å². The normalized spacial score (nSPS) is 11.7. The minimum absolute atomic E-state index is 0.588. The summed E-state index contributed by atoms with van der Waals surface area (Å²) >= 11 is 0. The second kappa shape index (κ2) is 34.4. The molecule has 0 aliphatic heterocycles. The van der Waals surface area contributed by atoms with Gasteiger partial charge in [0.15, 0.2) is 34.9 Å². The van der Waals surface area contributed by atoms with E-state index in [0.29, 0.717) is 52.8 Å². The van der Waals surface area contributed by atoms with Crippen LogP contribution in [0.2, 0.25) is 0 Å². The fraction of sp³-hybridized carbons (Fsp3) is 0.0565. The Hall–Kier alpha value is -18.2. The lowest BCUT2D eigenvalue weighted by Gasteiger charge is -2.13. The Morgan fingerprint density at radius 1 is 0.180 bits per heavy atom. The van der Waals surface area contributed by atoms with Crippen LogP contribution in [-0.2, 0) is 12.8 Å². The van der Waals surface area contributed by atoms with Crippen LogP contribution in [0, 0.1) is 20.8 Å². The maximum atomic E-state index is 5.24. The Morgan fingerprint density at radius 3 is 0.748 bits per heavy atom. The summed E-state index contributed by atoms with van der Waals surface area (Å²) in [5.74, 6) is 5.60. The van der Waals surface area contributed by atoms with Crippen molar-refractivity contribution < 1.29 is 0 Å². The van der Waals surface area contributed by atoms with Crippen LogP contribution in [0.4, 0.5) is 0 Å². The van der Waals surface area contributed by atoms with E-state index < -0.39 is 0 Å². The van der Waals surface area contributed by atoms with E-state index in [4.69, 9.17) is 44.9 Å². The first-order chi connectivity index (χ1) is 68.6. The first kappa shape index (κ1) is 82.7. The van der Waals surface area contributed by atoms with Crippen molar-refractivity contribution in [2.45, 2.75) is 47.5 Å². The van der Waals surface area contributed by atoms with Crippen molar-refractivity contribution >= 4 is 131 Å². The van der Waals surface area contributed by atoms with Crippen LogP contribution >= 0.6 is 0 Å². The first-order valence-corrected chi connectivity index (χ1v) is 47.4. The molecule has 139 heavy (non-hydrogen) atoms. The predicted octanol–water partition coefficient (Wildman–Crippen LogP) is 30.2. The van der Waals surface area contributed by atoms with Crippen LogP contribution in [0.25, 0.3) is 234 Å². The van der Waals surface area contributed by atoms with E-state index in [9.17, 15) is 0 Å². The molecule has 0 amide bonds. The van der Waals surface area contributed by atoms with Gasteiger partial charge in [-0.05, 0) is 153 Å². The summed E-state index contributed by atoms with van der Waals surface area (Å²) in [7, 11) is 0. The van der Waals surface area contributed by atoms with Crippen LogP contribution in [0.3, 0.4) is 0 Å². The minimum atomic E-state index is 0.588. The molecular weight excluding hydrogens is 1700 g/mol. The van der Waals surface area contributed by atoms with E-state index in [1.54, 1.807) is 0 Å². The Balaban J connectivity index is 0.000000110. The summed E-state index contributed by atoms with van der Waals surface area (Å²) in [5, 5.41) is 14.3. The van der Waals surface area contributed by atoms with Gasteiger partial charge >= 0.3 is 0 Å². The fourth-order valence-corrected chi connectivity index (χ4v) is 20.6. The largest absolute Gasteiger partial charge is 0.307 e. The van der Waals surface area contributed by atoms with E-state index in [2.05, 4.69) is 377 Å². The van der Waals surface area contributed by atoms with Gasteiger partial charge in [0.25, 0.3) is 0 Å². The van der Waals surface area contributed by atoms with Crippen molar-refractivity contribution in [1.82, 2.24) is 72.3 Å². The number of para-hydroxylation sites is 5. The topological polar surface area (TPSA) is 146 Å². The van der Waals surface area contributed by atoms with E-state index in [1.807, 2.05) is 109 Å². The highest BCUT2D eigenvalue weighted by Crippen LogP contribution is 2.48. The minimum Gasteiger partial charge on any atom is -0.307 e. The van der Waals surface area contributed by atoms with Gasteiger partial charge in [-0.15, -0.1) is 0 Å². The summed E-state index contributed by atoms with van der Waals surface area (Å²) in [4.78, 5) is 46.3. The maximum Gasteiger partial charge on any atom is 0.238 e. The highest BCUT2D eigenvalue weighted by Gasteiger charge is 2.30. The second-order valence-corrected chi connectivity index (χ2v) is 35.6. The summed E-state index contributed by atoms with van der Waals surface area (Å²) in [6, 6.07) is 149. The van der Waals surface area contributed by atoms with Crippen LogP contribution in [-0.4, -0.2) is 72.3 Å². The molecule has 18 aromatic carbocycles. The molecule has 0 aliphatic carbocycles. The standard InChI is InChI=1S/C43H33N5.C41H29N5.C40H27N5/c1-3-28-20-24-37-35(26-28)33-22-23-34-36-27-29(4-2)21-25-38(36)48(40(34)39(33)47(37)32-18-12-7-13-19-32)43-45-41(30-14-8-5-9-15-30)44-42(46-43)31-16-10-6-11-17-31;1-26-18-22-35-33(24-26)31-20-21-32-34-25-27(2)19-23-36(34)46(38(32)37(31)45(35)30-16-10-5-11-17-30)41-43-39(28-12-6-3-7-13-28)42-40(44-41)29-14-8-4-9-15-29;1-26-25-32-30-21-11-13-23-33(30)44(29-19-9-4-10-20-29)36(32)37-35(26)31-22-12-14-24-34(31)45(37)40-42-38(27-15-5-2-6-16-27)41-39(43-40)28-17-7-3-8-18-28/h5-27H,3-4H2,1-2H3;3-25H,1-2H3;2-25H,1H3. The van der Waals surface area contributed by atoms with Crippen molar-refractivity contribution in [2.24, 2.45) is 0 Å². The van der Waals surface area contributed by atoms with Gasteiger partial charge in [0, 0.05) is 115 Å². The highest BCUT2D eigenvalue weighted by atomic mass is 15.2. The van der Waals surface area contributed by atoms with Crippen molar-refractivity contribution in [2.75, 3.05) is 0 Å². The van der Waals surface area contributed by atoms with Crippen LogP contribution in [0.5, 0.6) is 0 Å². The number of aryl methyl sites for hydroxylation is 5. The number of nitrogens with zero attached hydrogens (tertiary/aromatic N) is 15. The Labute approximate surface area is 800 Å². The van der Waals surface area contributed by atoms with E-state index in [0.717, 1.165) is 129 Å². The average Bonchev–Trinajstić information content (AvgIpc) is 1.55. The Kier molecular flexibility index (Phi) is 20.4. The molecular formula is C124H89N15. The average molecular weight is 1790 g/mol.